The Morgan fingerprint density at radius 2 is 1.90 bits per heavy atom. The summed E-state index contributed by atoms with van der Waals surface area (Å²) >= 11 is 0. The highest BCUT2D eigenvalue weighted by molar-refractivity contribution is 6.46. The number of nitrogens with zero attached hydrogens (tertiary/aromatic N) is 3. The SMILES string of the molecule is CC(C)Oc1ccc(C(O)=C2C(=O)C(=O)N(CCN(C)C)C2c2cccnc2)cc1. The van der Waals surface area contributed by atoms with Crippen molar-refractivity contribution in [3.05, 3.63) is 65.5 Å². The van der Waals surface area contributed by atoms with Crippen molar-refractivity contribution in [2.24, 2.45) is 0 Å². The number of aliphatic hydroxyl groups excluding tert-OH is 1. The maximum absolute atomic E-state index is 12.9. The average Bonchev–Trinajstić information content (AvgIpc) is 2.97. The van der Waals surface area contributed by atoms with Crippen LogP contribution in [0.4, 0.5) is 0 Å². The number of ether oxygens (including phenoxy) is 1. The van der Waals surface area contributed by atoms with E-state index in [4.69, 9.17) is 4.74 Å². The van der Waals surface area contributed by atoms with Crippen LogP contribution in [0.25, 0.3) is 5.76 Å². The van der Waals surface area contributed by atoms with Gasteiger partial charge in [-0.05, 0) is 63.8 Å². The third-order valence-electron chi connectivity index (χ3n) is 4.83. The first-order valence-corrected chi connectivity index (χ1v) is 9.89. The van der Waals surface area contributed by atoms with Gasteiger partial charge in [0.05, 0.1) is 17.7 Å². The van der Waals surface area contributed by atoms with E-state index >= 15 is 0 Å². The monoisotopic (exact) mass is 409 g/mol. The van der Waals surface area contributed by atoms with E-state index in [9.17, 15) is 14.7 Å². The summed E-state index contributed by atoms with van der Waals surface area (Å²) in [5.41, 5.74) is 1.20. The Kier molecular flexibility index (Phi) is 6.52. The molecule has 1 fully saturated rings. The van der Waals surface area contributed by atoms with E-state index in [0.29, 0.717) is 30.0 Å². The van der Waals surface area contributed by atoms with Crippen LogP contribution in [0, 0.1) is 0 Å². The van der Waals surface area contributed by atoms with Gasteiger partial charge in [-0.15, -0.1) is 0 Å². The summed E-state index contributed by atoms with van der Waals surface area (Å²) in [6, 6.07) is 9.69. The molecular formula is C23H27N3O4. The molecule has 30 heavy (non-hydrogen) atoms. The van der Waals surface area contributed by atoms with Gasteiger partial charge in [0.25, 0.3) is 11.7 Å². The van der Waals surface area contributed by atoms with Crippen LogP contribution >= 0.6 is 0 Å². The molecule has 0 saturated carbocycles. The van der Waals surface area contributed by atoms with Gasteiger partial charge in [-0.2, -0.15) is 0 Å². The van der Waals surface area contributed by atoms with Gasteiger partial charge in [-0.1, -0.05) is 6.07 Å². The summed E-state index contributed by atoms with van der Waals surface area (Å²) in [6.07, 6.45) is 3.27. The summed E-state index contributed by atoms with van der Waals surface area (Å²) in [6.45, 7) is 4.80. The molecule has 7 nitrogen and oxygen atoms in total. The van der Waals surface area contributed by atoms with E-state index < -0.39 is 17.7 Å². The molecule has 1 N–H and O–H groups in total. The summed E-state index contributed by atoms with van der Waals surface area (Å²) in [5.74, 6) is -0.850. The molecule has 1 aliphatic rings. The van der Waals surface area contributed by atoms with E-state index in [2.05, 4.69) is 4.98 Å². The van der Waals surface area contributed by atoms with Gasteiger partial charge in [-0.3, -0.25) is 14.6 Å². The fraction of sp³-hybridized carbons (Fsp3) is 0.348. The molecule has 3 rings (SSSR count). The lowest BCUT2D eigenvalue weighted by Crippen LogP contribution is -2.35. The van der Waals surface area contributed by atoms with E-state index in [-0.39, 0.29) is 17.4 Å². The number of amides is 1. The number of hydrogen-bond donors (Lipinski definition) is 1. The van der Waals surface area contributed by atoms with Gasteiger partial charge in [0.1, 0.15) is 11.5 Å². The minimum Gasteiger partial charge on any atom is -0.507 e. The quantitative estimate of drug-likeness (QED) is 0.430. The molecule has 1 aromatic heterocycles. The predicted molar refractivity (Wildman–Crippen MR) is 114 cm³/mol. The highest BCUT2D eigenvalue weighted by Crippen LogP contribution is 2.39. The van der Waals surface area contributed by atoms with Crippen molar-refractivity contribution < 1.29 is 19.4 Å². The van der Waals surface area contributed by atoms with Gasteiger partial charge in [-0.25, -0.2) is 0 Å². The number of aliphatic hydroxyl groups is 1. The summed E-state index contributed by atoms with van der Waals surface area (Å²) in [4.78, 5) is 33.3. The number of carbonyl (C=O) groups excluding carboxylic acids is 2. The average molecular weight is 409 g/mol. The number of aromatic nitrogens is 1. The van der Waals surface area contributed by atoms with Gasteiger partial charge < -0.3 is 19.6 Å². The number of Topliss-reactive ketones (excluding diaryl/α,β-unsaturated/α-hetero) is 1. The summed E-state index contributed by atoms with van der Waals surface area (Å²) in [7, 11) is 3.80. The molecule has 2 heterocycles. The molecule has 0 aliphatic carbocycles. The molecule has 1 aromatic carbocycles. The van der Waals surface area contributed by atoms with Gasteiger partial charge >= 0.3 is 0 Å². The first-order valence-electron chi connectivity index (χ1n) is 9.89. The number of likely N-dealkylation sites (tertiary alicyclic amines) is 1. The second-order valence-electron chi connectivity index (χ2n) is 7.77. The van der Waals surface area contributed by atoms with Gasteiger partial charge in [0.2, 0.25) is 0 Å². The van der Waals surface area contributed by atoms with Crippen LogP contribution < -0.4 is 4.74 Å². The van der Waals surface area contributed by atoms with Gasteiger partial charge in [0, 0.05) is 31.0 Å². The Balaban J connectivity index is 2.05. The largest absolute Gasteiger partial charge is 0.507 e. The number of carbonyl (C=O) groups is 2. The lowest BCUT2D eigenvalue weighted by Gasteiger charge is -2.26. The van der Waals surface area contributed by atoms with Crippen LogP contribution in [0.1, 0.15) is 31.0 Å². The van der Waals surface area contributed by atoms with E-state index in [0.717, 1.165) is 0 Å². The smallest absolute Gasteiger partial charge is 0.295 e. The minimum absolute atomic E-state index is 0.0250. The molecule has 0 spiro atoms. The zero-order chi connectivity index (χ0) is 21.8. The number of benzene rings is 1. The normalized spacial score (nSPS) is 18.5. The van der Waals surface area contributed by atoms with Crippen LogP contribution in [0.3, 0.4) is 0 Å². The lowest BCUT2D eigenvalue weighted by molar-refractivity contribution is -0.140. The maximum atomic E-state index is 12.9. The van der Waals surface area contributed by atoms with Crippen molar-refractivity contribution in [1.82, 2.24) is 14.8 Å². The summed E-state index contributed by atoms with van der Waals surface area (Å²) < 4.78 is 5.63. The highest BCUT2D eigenvalue weighted by atomic mass is 16.5. The molecule has 158 valence electrons. The van der Waals surface area contributed by atoms with Crippen molar-refractivity contribution in [1.29, 1.82) is 0 Å². The predicted octanol–water partition coefficient (Wildman–Crippen LogP) is 2.85. The fourth-order valence-electron chi connectivity index (χ4n) is 3.42. The Bertz CT molecular complexity index is 937. The molecule has 1 aliphatic heterocycles. The van der Waals surface area contributed by atoms with Crippen molar-refractivity contribution in [3.8, 4) is 5.75 Å². The molecule has 0 bridgehead atoms. The maximum Gasteiger partial charge on any atom is 0.295 e. The third kappa shape index (κ3) is 4.52. The van der Waals surface area contributed by atoms with Crippen LogP contribution in [-0.2, 0) is 9.59 Å². The Labute approximate surface area is 176 Å². The zero-order valence-electron chi connectivity index (χ0n) is 17.7. The van der Waals surface area contributed by atoms with E-state index in [1.54, 1.807) is 48.8 Å². The number of ketones is 1. The number of likely N-dealkylation sites (N-methyl/N-ethyl adjacent to an activating group) is 1. The summed E-state index contributed by atoms with van der Waals surface area (Å²) in [5, 5.41) is 11.0. The van der Waals surface area contributed by atoms with E-state index in [1.165, 1.54) is 4.90 Å². The first kappa shape index (κ1) is 21.5. The minimum atomic E-state index is -0.692. The second kappa shape index (κ2) is 9.09. The number of hydrogen-bond acceptors (Lipinski definition) is 6. The number of pyridine rings is 1. The third-order valence-corrected chi connectivity index (χ3v) is 4.83. The van der Waals surface area contributed by atoms with Crippen LogP contribution in [0.2, 0.25) is 0 Å². The molecular weight excluding hydrogens is 382 g/mol. The van der Waals surface area contributed by atoms with Crippen molar-refractivity contribution >= 4 is 17.4 Å². The molecule has 1 amide bonds. The number of rotatable bonds is 7. The van der Waals surface area contributed by atoms with Crippen LogP contribution in [-0.4, -0.2) is 64.9 Å². The molecule has 1 atom stereocenters. The van der Waals surface area contributed by atoms with Crippen LogP contribution in [0.5, 0.6) is 5.75 Å². The topological polar surface area (TPSA) is 83.0 Å². The highest BCUT2D eigenvalue weighted by Gasteiger charge is 2.45. The molecule has 2 aromatic rings. The Morgan fingerprint density at radius 3 is 2.47 bits per heavy atom. The lowest BCUT2D eigenvalue weighted by atomic mass is 9.96. The van der Waals surface area contributed by atoms with Crippen molar-refractivity contribution in [3.63, 3.8) is 0 Å². The van der Waals surface area contributed by atoms with E-state index in [1.807, 2.05) is 32.8 Å². The fourth-order valence-corrected chi connectivity index (χ4v) is 3.42. The molecule has 1 saturated heterocycles. The molecule has 7 heteroatoms. The second-order valence-corrected chi connectivity index (χ2v) is 7.77. The Hall–Kier alpha value is -3.19. The molecule has 1 unspecified atom stereocenters. The molecule has 0 radical (unpaired) electrons. The Morgan fingerprint density at radius 1 is 1.20 bits per heavy atom. The zero-order valence-corrected chi connectivity index (χ0v) is 17.7. The van der Waals surface area contributed by atoms with Gasteiger partial charge in [0.15, 0.2) is 0 Å². The standard InChI is InChI=1S/C23H27N3O4/c1-15(2)30-18-9-7-16(8-10-18)21(27)19-20(17-6-5-11-24-14-17)26(13-12-25(3)4)23(29)22(19)28/h5-11,14-15,20,27H,12-13H2,1-4H3. The van der Waals surface area contributed by atoms with Crippen molar-refractivity contribution in [2.45, 2.75) is 26.0 Å². The van der Waals surface area contributed by atoms with Crippen molar-refractivity contribution in [2.75, 3.05) is 27.2 Å². The van der Waals surface area contributed by atoms with Crippen LogP contribution in [0.15, 0.2) is 54.4 Å². The first-order chi connectivity index (χ1) is 14.3.